The number of amides is 3. The zero-order valence-electron chi connectivity index (χ0n) is 16.6. The summed E-state index contributed by atoms with van der Waals surface area (Å²) in [5.41, 5.74) is 2.21. The molecule has 8 heteroatoms. The number of aryl methyl sites for hydroxylation is 1. The van der Waals surface area contributed by atoms with Crippen LogP contribution in [0.2, 0.25) is 0 Å². The Morgan fingerprint density at radius 3 is 2.53 bits per heavy atom. The number of carbonyl (C=O) groups excluding carboxylic acids is 3. The minimum atomic E-state index is -0.921. The SMILES string of the molecule is CSCC[C@H](C(=O)Nc1sc2c(c1C#N)CCCC2)N1C(=O)c2ccccc2C1=O. The third-order valence-electron chi connectivity index (χ3n) is 5.56. The summed E-state index contributed by atoms with van der Waals surface area (Å²) >= 11 is 2.99. The number of rotatable bonds is 6. The first-order valence-electron chi connectivity index (χ1n) is 9.88. The van der Waals surface area contributed by atoms with Gasteiger partial charge in [-0.3, -0.25) is 19.3 Å². The van der Waals surface area contributed by atoms with Gasteiger partial charge in [-0.15, -0.1) is 11.3 Å². The largest absolute Gasteiger partial charge is 0.315 e. The summed E-state index contributed by atoms with van der Waals surface area (Å²) in [4.78, 5) is 41.3. The summed E-state index contributed by atoms with van der Waals surface area (Å²) < 4.78 is 0. The van der Waals surface area contributed by atoms with Crippen LogP contribution in [0, 0.1) is 11.3 Å². The summed E-state index contributed by atoms with van der Waals surface area (Å²) in [6.45, 7) is 0. The number of anilines is 1. The molecule has 2 heterocycles. The molecule has 0 spiro atoms. The number of imide groups is 1. The number of thiophene rings is 1. The van der Waals surface area contributed by atoms with Crippen molar-refractivity contribution in [3.63, 3.8) is 0 Å². The molecule has 1 aliphatic carbocycles. The number of hydrogen-bond acceptors (Lipinski definition) is 6. The standard InChI is InChI=1S/C22H21N3O3S2/c1-29-11-10-17(25-21(27)14-7-2-3-8-15(14)22(25)28)19(26)24-20-16(12-23)13-6-4-5-9-18(13)30-20/h2-3,7-8,17H,4-6,9-11H2,1H3,(H,24,26)/t17-/m1/s1. The maximum absolute atomic E-state index is 13.3. The van der Waals surface area contributed by atoms with Crippen molar-refractivity contribution in [2.75, 3.05) is 17.3 Å². The normalized spacial score (nSPS) is 16.1. The van der Waals surface area contributed by atoms with Crippen LogP contribution in [0.15, 0.2) is 24.3 Å². The predicted octanol–water partition coefficient (Wildman–Crippen LogP) is 3.85. The van der Waals surface area contributed by atoms with Gasteiger partial charge in [0.15, 0.2) is 0 Å². The molecule has 2 aliphatic rings. The van der Waals surface area contributed by atoms with Gasteiger partial charge < -0.3 is 5.32 Å². The van der Waals surface area contributed by atoms with Crippen molar-refractivity contribution in [2.45, 2.75) is 38.1 Å². The first kappa shape index (κ1) is 20.6. The fraction of sp³-hybridized carbons (Fsp3) is 0.364. The first-order chi connectivity index (χ1) is 14.6. The van der Waals surface area contributed by atoms with Crippen molar-refractivity contribution in [3.8, 4) is 6.07 Å². The molecule has 154 valence electrons. The lowest BCUT2D eigenvalue weighted by Gasteiger charge is -2.25. The molecule has 3 amide bonds. The number of thioether (sulfide) groups is 1. The van der Waals surface area contributed by atoms with E-state index in [2.05, 4.69) is 11.4 Å². The molecule has 0 fully saturated rings. The van der Waals surface area contributed by atoms with Crippen LogP contribution in [0.1, 0.15) is 56.0 Å². The minimum Gasteiger partial charge on any atom is -0.315 e. The van der Waals surface area contributed by atoms with Gasteiger partial charge in [0.05, 0.1) is 16.7 Å². The van der Waals surface area contributed by atoms with E-state index < -0.39 is 23.8 Å². The monoisotopic (exact) mass is 439 g/mol. The molecule has 1 N–H and O–H groups in total. The molecule has 0 radical (unpaired) electrons. The van der Waals surface area contributed by atoms with Gasteiger partial charge in [0.25, 0.3) is 11.8 Å². The number of nitrogens with one attached hydrogen (secondary N) is 1. The van der Waals surface area contributed by atoms with Crippen LogP contribution in [-0.4, -0.2) is 40.7 Å². The summed E-state index contributed by atoms with van der Waals surface area (Å²) in [5, 5.41) is 13.1. The van der Waals surface area contributed by atoms with E-state index in [4.69, 9.17) is 0 Å². The van der Waals surface area contributed by atoms with Crippen molar-refractivity contribution < 1.29 is 14.4 Å². The number of nitrogens with zero attached hydrogens (tertiary/aromatic N) is 2. The third kappa shape index (κ3) is 3.53. The molecular formula is C22H21N3O3S2. The molecule has 1 atom stereocenters. The molecule has 0 bridgehead atoms. The smallest absolute Gasteiger partial charge is 0.262 e. The van der Waals surface area contributed by atoms with E-state index in [-0.39, 0.29) is 0 Å². The topological polar surface area (TPSA) is 90.3 Å². The van der Waals surface area contributed by atoms with Crippen molar-refractivity contribution in [1.82, 2.24) is 4.90 Å². The predicted molar refractivity (Wildman–Crippen MR) is 118 cm³/mol. The molecule has 0 saturated carbocycles. The van der Waals surface area contributed by atoms with E-state index in [1.165, 1.54) is 11.3 Å². The van der Waals surface area contributed by atoms with Crippen LogP contribution < -0.4 is 5.32 Å². The molecule has 0 unspecified atom stereocenters. The fourth-order valence-electron chi connectivity index (χ4n) is 4.07. The molecule has 4 rings (SSSR count). The summed E-state index contributed by atoms with van der Waals surface area (Å²) in [6.07, 6.45) is 6.15. The highest BCUT2D eigenvalue weighted by Crippen LogP contribution is 2.38. The Kier molecular flexibility index (Phi) is 5.93. The van der Waals surface area contributed by atoms with Crippen LogP contribution >= 0.6 is 23.1 Å². The Morgan fingerprint density at radius 1 is 1.23 bits per heavy atom. The third-order valence-corrected chi connectivity index (χ3v) is 7.41. The van der Waals surface area contributed by atoms with Gasteiger partial charge >= 0.3 is 0 Å². The number of benzene rings is 1. The van der Waals surface area contributed by atoms with E-state index in [0.717, 1.165) is 41.0 Å². The highest BCUT2D eigenvalue weighted by atomic mass is 32.2. The highest BCUT2D eigenvalue weighted by molar-refractivity contribution is 7.98. The Hall–Kier alpha value is -2.63. The molecule has 1 aliphatic heterocycles. The van der Waals surface area contributed by atoms with Gasteiger partial charge in [-0.05, 0) is 61.8 Å². The van der Waals surface area contributed by atoms with Crippen molar-refractivity contribution in [1.29, 1.82) is 5.26 Å². The van der Waals surface area contributed by atoms with Crippen molar-refractivity contribution in [3.05, 3.63) is 51.4 Å². The minimum absolute atomic E-state index is 0.328. The Balaban J connectivity index is 1.63. The average Bonchev–Trinajstić information content (AvgIpc) is 3.23. The van der Waals surface area contributed by atoms with Crippen molar-refractivity contribution >= 4 is 45.8 Å². The molecule has 2 aromatic rings. The second-order valence-corrected chi connectivity index (χ2v) is 9.43. The van der Waals surface area contributed by atoms with Crippen LogP contribution in [0.3, 0.4) is 0 Å². The lowest BCUT2D eigenvalue weighted by atomic mass is 9.96. The maximum atomic E-state index is 13.3. The maximum Gasteiger partial charge on any atom is 0.262 e. The van der Waals surface area contributed by atoms with Gasteiger partial charge in [-0.2, -0.15) is 17.0 Å². The van der Waals surface area contributed by atoms with Crippen LogP contribution in [0.25, 0.3) is 0 Å². The van der Waals surface area contributed by atoms with Crippen molar-refractivity contribution in [2.24, 2.45) is 0 Å². The number of fused-ring (bicyclic) bond motifs is 2. The lowest BCUT2D eigenvalue weighted by molar-refractivity contribution is -0.120. The average molecular weight is 440 g/mol. The fourth-order valence-corrected chi connectivity index (χ4v) is 5.77. The van der Waals surface area contributed by atoms with E-state index in [1.54, 1.807) is 36.0 Å². The van der Waals surface area contributed by atoms with E-state index in [0.29, 0.717) is 33.9 Å². The van der Waals surface area contributed by atoms with Gasteiger partial charge in [0, 0.05) is 4.88 Å². The molecule has 1 aromatic heterocycles. The van der Waals surface area contributed by atoms with E-state index in [1.807, 2.05) is 6.26 Å². The Bertz CT molecular complexity index is 1040. The lowest BCUT2D eigenvalue weighted by Crippen LogP contribution is -2.47. The summed E-state index contributed by atoms with van der Waals surface area (Å²) in [5.74, 6) is -0.684. The molecule has 30 heavy (non-hydrogen) atoms. The zero-order valence-corrected chi connectivity index (χ0v) is 18.2. The van der Waals surface area contributed by atoms with Crippen LogP contribution in [0.4, 0.5) is 5.00 Å². The number of carbonyl (C=O) groups is 3. The number of nitriles is 1. The summed E-state index contributed by atoms with van der Waals surface area (Å²) in [6, 6.07) is 7.95. The second-order valence-electron chi connectivity index (χ2n) is 7.34. The zero-order chi connectivity index (χ0) is 21.3. The quantitative estimate of drug-likeness (QED) is 0.691. The summed E-state index contributed by atoms with van der Waals surface area (Å²) in [7, 11) is 0. The Labute approximate surface area is 183 Å². The molecular weight excluding hydrogens is 418 g/mol. The molecule has 1 aromatic carbocycles. The Morgan fingerprint density at radius 2 is 1.90 bits per heavy atom. The van der Waals surface area contributed by atoms with Gasteiger partial charge in [0.1, 0.15) is 17.1 Å². The van der Waals surface area contributed by atoms with Gasteiger partial charge in [-0.1, -0.05) is 12.1 Å². The first-order valence-corrected chi connectivity index (χ1v) is 12.1. The number of hydrogen-bond donors (Lipinski definition) is 1. The highest BCUT2D eigenvalue weighted by Gasteiger charge is 2.42. The van der Waals surface area contributed by atoms with E-state index >= 15 is 0 Å². The van der Waals surface area contributed by atoms with E-state index in [9.17, 15) is 19.6 Å². The van der Waals surface area contributed by atoms with Crippen LogP contribution in [-0.2, 0) is 17.6 Å². The van der Waals surface area contributed by atoms with Gasteiger partial charge in [-0.25, -0.2) is 0 Å². The molecule has 0 saturated heterocycles. The van der Waals surface area contributed by atoms with Crippen LogP contribution in [0.5, 0.6) is 0 Å². The van der Waals surface area contributed by atoms with Gasteiger partial charge in [0.2, 0.25) is 5.91 Å². The second kappa shape index (κ2) is 8.62. The molecule has 6 nitrogen and oxygen atoms in total.